The van der Waals surface area contributed by atoms with Gasteiger partial charge in [-0.1, -0.05) is 11.6 Å². The third-order valence-electron chi connectivity index (χ3n) is 3.37. The highest BCUT2D eigenvalue weighted by Crippen LogP contribution is 2.22. The van der Waals surface area contributed by atoms with E-state index in [0.29, 0.717) is 17.9 Å². The monoisotopic (exact) mass is 331 g/mol. The number of nitrogens with zero attached hydrogens (tertiary/aromatic N) is 2. The Hall–Kier alpha value is -1.34. The molecule has 0 spiro atoms. The maximum atomic E-state index is 12.6. The lowest BCUT2D eigenvalue weighted by molar-refractivity contribution is 0.0712. The van der Waals surface area contributed by atoms with E-state index in [4.69, 9.17) is 11.6 Å². The van der Waals surface area contributed by atoms with E-state index < -0.39 is 9.84 Å². The molecule has 8 heteroatoms. The molecule has 0 saturated carbocycles. The molecule has 6 nitrogen and oxygen atoms in total. The zero-order valence-electron chi connectivity index (χ0n) is 12.0. The Morgan fingerprint density at radius 1 is 1.57 bits per heavy atom. The van der Waals surface area contributed by atoms with E-state index in [1.807, 2.05) is 6.92 Å². The fourth-order valence-corrected chi connectivity index (χ4v) is 4.08. The van der Waals surface area contributed by atoms with Gasteiger partial charge in [0.25, 0.3) is 5.91 Å². The molecular weight excluding hydrogens is 314 g/mol. The van der Waals surface area contributed by atoms with Crippen LogP contribution < -0.4 is 5.32 Å². The smallest absolute Gasteiger partial charge is 0.255 e. The molecule has 1 unspecified atom stereocenters. The molecule has 1 amide bonds. The van der Waals surface area contributed by atoms with E-state index in [0.717, 1.165) is 0 Å². The van der Waals surface area contributed by atoms with Crippen molar-refractivity contribution >= 4 is 33.2 Å². The molecule has 1 N–H and O–H groups in total. The first kappa shape index (κ1) is 16.0. The summed E-state index contributed by atoms with van der Waals surface area (Å²) in [5, 5.41) is 3.29. The number of carbonyl (C=O) groups is 1. The predicted molar refractivity (Wildman–Crippen MR) is 82.6 cm³/mol. The number of aromatic nitrogens is 1. The molecule has 1 aliphatic heterocycles. The summed E-state index contributed by atoms with van der Waals surface area (Å²) in [5.74, 6) is 0.291. The van der Waals surface area contributed by atoms with Crippen LogP contribution >= 0.6 is 11.6 Å². The van der Waals surface area contributed by atoms with Crippen molar-refractivity contribution in [2.75, 3.05) is 29.9 Å². The summed E-state index contributed by atoms with van der Waals surface area (Å²) < 4.78 is 23.2. The van der Waals surface area contributed by atoms with Crippen molar-refractivity contribution in [1.29, 1.82) is 0 Å². The number of carbonyl (C=O) groups excluding carboxylic acids is 1. The highest BCUT2D eigenvalue weighted by atomic mass is 35.5. The average Bonchev–Trinajstić information content (AvgIpc) is 2.39. The van der Waals surface area contributed by atoms with E-state index in [9.17, 15) is 13.2 Å². The first-order valence-corrected chi connectivity index (χ1v) is 8.95. The first-order chi connectivity index (χ1) is 9.84. The Balaban J connectivity index is 2.26. The van der Waals surface area contributed by atoms with Crippen LogP contribution in [0, 0.1) is 0 Å². The number of nitrogens with one attached hydrogen (secondary N) is 1. The summed E-state index contributed by atoms with van der Waals surface area (Å²) in [6, 6.07) is 1.24. The van der Waals surface area contributed by atoms with Gasteiger partial charge in [-0.3, -0.25) is 4.79 Å². The number of amides is 1. The average molecular weight is 332 g/mol. The van der Waals surface area contributed by atoms with Gasteiger partial charge >= 0.3 is 0 Å². The molecule has 2 rings (SSSR count). The Bertz CT molecular complexity index is 648. The molecule has 1 saturated heterocycles. The van der Waals surface area contributed by atoms with Crippen molar-refractivity contribution in [2.45, 2.75) is 19.9 Å². The molecular formula is C13H18ClN3O3S. The SMILES string of the molecule is CCNc1cc(C(=O)N2CCS(=O)(=O)CC2C)c(Cl)cn1. The Kier molecular flexibility index (Phi) is 4.73. The molecule has 116 valence electrons. The lowest BCUT2D eigenvalue weighted by Crippen LogP contribution is -2.49. The summed E-state index contributed by atoms with van der Waals surface area (Å²) in [6.45, 7) is 4.53. The highest BCUT2D eigenvalue weighted by Gasteiger charge is 2.32. The fourth-order valence-electron chi connectivity index (χ4n) is 2.34. The largest absolute Gasteiger partial charge is 0.370 e. The molecule has 2 heterocycles. The molecule has 0 aromatic carbocycles. The number of sulfone groups is 1. The molecule has 0 radical (unpaired) electrons. The Morgan fingerprint density at radius 3 is 2.90 bits per heavy atom. The van der Waals surface area contributed by atoms with Crippen molar-refractivity contribution in [2.24, 2.45) is 0 Å². The van der Waals surface area contributed by atoms with Crippen LogP contribution in [-0.4, -0.2) is 54.8 Å². The van der Waals surface area contributed by atoms with E-state index in [1.54, 1.807) is 17.9 Å². The zero-order valence-corrected chi connectivity index (χ0v) is 13.5. The van der Waals surface area contributed by atoms with Crippen LogP contribution in [0.2, 0.25) is 5.02 Å². The quantitative estimate of drug-likeness (QED) is 0.906. The fraction of sp³-hybridized carbons (Fsp3) is 0.538. The maximum Gasteiger partial charge on any atom is 0.255 e. The van der Waals surface area contributed by atoms with Gasteiger partial charge in [-0.05, 0) is 19.9 Å². The standard InChI is InChI=1S/C13H18ClN3O3S/c1-3-15-12-6-10(11(14)7-16-12)13(18)17-4-5-21(19,20)8-9(17)2/h6-7,9H,3-5,8H2,1-2H3,(H,15,16). The van der Waals surface area contributed by atoms with Gasteiger partial charge in [0.05, 0.1) is 22.1 Å². The Labute approximate surface area is 129 Å². The third-order valence-corrected chi connectivity index (χ3v) is 5.47. The molecule has 1 aromatic heterocycles. The second kappa shape index (κ2) is 6.19. The van der Waals surface area contributed by atoms with Crippen LogP contribution in [-0.2, 0) is 9.84 Å². The number of hydrogen-bond acceptors (Lipinski definition) is 5. The van der Waals surface area contributed by atoms with Gasteiger partial charge in [0.2, 0.25) is 0 Å². The predicted octanol–water partition coefficient (Wildman–Crippen LogP) is 1.43. The summed E-state index contributed by atoms with van der Waals surface area (Å²) in [4.78, 5) is 18.2. The third kappa shape index (κ3) is 3.65. The summed E-state index contributed by atoms with van der Waals surface area (Å²) in [5.41, 5.74) is 0.341. The number of rotatable bonds is 3. The molecule has 1 aromatic rings. The highest BCUT2D eigenvalue weighted by molar-refractivity contribution is 7.91. The van der Waals surface area contributed by atoms with E-state index in [1.165, 1.54) is 6.20 Å². The van der Waals surface area contributed by atoms with Crippen molar-refractivity contribution < 1.29 is 13.2 Å². The minimum atomic E-state index is -3.06. The van der Waals surface area contributed by atoms with Crippen molar-refractivity contribution in [3.05, 3.63) is 22.8 Å². The van der Waals surface area contributed by atoms with Gasteiger partial charge < -0.3 is 10.2 Å². The van der Waals surface area contributed by atoms with Crippen LogP contribution in [0.25, 0.3) is 0 Å². The topological polar surface area (TPSA) is 79.4 Å². The van der Waals surface area contributed by atoms with Gasteiger partial charge in [-0.15, -0.1) is 0 Å². The Morgan fingerprint density at radius 2 is 2.29 bits per heavy atom. The van der Waals surface area contributed by atoms with Crippen LogP contribution in [0.3, 0.4) is 0 Å². The van der Waals surface area contributed by atoms with Crippen LogP contribution in [0.5, 0.6) is 0 Å². The second-order valence-corrected chi connectivity index (χ2v) is 7.68. The minimum absolute atomic E-state index is 0.00809. The minimum Gasteiger partial charge on any atom is -0.370 e. The number of halogens is 1. The molecule has 1 fully saturated rings. The maximum absolute atomic E-state index is 12.6. The van der Waals surface area contributed by atoms with Crippen LogP contribution in [0.4, 0.5) is 5.82 Å². The van der Waals surface area contributed by atoms with E-state index >= 15 is 0 Å². The first-order valence-electron chi connectivity index (χ1n) is 6.75. The number of hydrogen-bond donors (Lipinski definition) is 1. The van der Waals surface area contributed by atoms with E-state index in [-0.39, 0.29) is 35.0 Å². The van der Waals surface area contributed by atoms with Gasteiger partial charge in [-0.25, -0.2) is 13.4 Å². The summed E-state index contributed by atoms with van der Waals surface area (Å²) in [6.07, 6.45) is 1.43. The van der Waals surface area contributed by atoms with Crippen molar-refractivity contribution in [3.8, 4) is 0 Å². The second-order valence-electron chi connectivity index (χ2n) is 5.04. The number of pyridine rings is 1. The van der Waals surface area contributed by atoms with Gasteiger partial charge in [-0.2, -0.15) is 0 Å². The van der Waals surface area contributed by atoms with E-state index in [2.05, 4.69) is 10.3 Å². The molecule has 0 bridgehead atoms. The normalized spacial score (nSPS) is 21.1. The van der Waals surface area contributed by atoms with Gasteiger partial charge in [0.1, 0.15) is 5.82 Å². The van der Waals surface area contributed by atoms with Crippen LogP contribution in [0.15, 0.2) is 12.3 Å². The lowest BCUT2D eigenvalue weighted by Gasteiger charge is -2.33. The molecule has 0 aliphatic carbocycles. The number of anilines is 1. The molecule has 1 atom stereocenters. The lowest BCUT2D eigenvalue weighted by atomic mass is 10.2. The van der Waals surface area contributed by atoms with Crippen LogP contribution in [0.1, 0.15) is 24.2 Å². The van der Waals surface area contributed by atoms with Crippen molar-refractivity contribution in [3.63, 3.8) is 0 Å². The summed E-state index contributed by atoms with van der Waals surface area (Å²) >= 11 is 6.06. The molecule has 21 heavy (non-hydrogen) atoms. The van der Waals surface area contributed by atoms with Gasteiger partial charge in [0, 0.05) is 25.3 Å². The van der Waals surface area contributed by atoms with Gasteiger partial charge in [0.15, 0.2) is 9.84 Å². The molecule has 1 aliphatic rings. The van der Waals surface area contributed by atoms with Crippen molar-refractivity contribution in [1.82, 2.24) is 9.88 Å². The summed E-state index contributed by atoms with van der Waals surface area (Å²) in [7, 11) is -3.06. The zero-order chi connectivity index (χ0) is 15.6.